The summed E-state index contributed by atoms with van der Waals surface area (Å²) in [5.41, 5.74) is 3.23. The van der Waals surface area contributed by atoms with Crippen LogP contribution in [-0.4, -0.2) is 92.7 Å². The molecule has 68 heavy (non-hydrogen) atoms. The van der Waals surface area contributed by atoms with E-state index in [0.29, 0.717) is 22.3 Å². The van der Waals surface area contributed by atoms with Gasteiger partial charge in [-0.25, -0.2) is 4.79 Å². The summed E-state index contributed by atoms with van der Waals surface area (Å²) in [5, 5.41) is 51.9. The molecule has 5 aromatic carbocycles. The van der Waals surface area contributed by atoms with Crippen molar-refractivity contribution < 1.29 is 58.4 Å². The molecule has 352 valence electrons. The number of Topliss-reactive ketones (excluding diaryl/α,β-unsaturated/α-hetero) is 1. The number of esters is 1. The van der Waals surface area contributed by atoms with Crippen molar-refractivity contribution in [3.05, 3.63) is 169 Å². The van der Waals surface area contributed by atoms with Crippen LogP contribution in [0.5, 0.6) is 5.75 Å². The van der Waals surface area contributed by atoms with Crippen LogP contribution in [0, 0.1) is 34.1 Å². The Kier molecular flexibility index (Phi) is 17.3. The van der Waals surface area contributed by atoms with Crippen LogP contribution in [0.3, 0.4) is 0 Å². The second-order valence-electron chi connectivity index (χ2n) is 15.6. The average Bonchev–Trinajstić information content (AvgIpc) is 3.30. The normalized spacial score (nSPS) is 12.0. The molecule has 5 aromatic rings. The minimum absolute atomic E-state index is 0.113. The van der Waals surface area contributed by atoms with Crippen molar-refractivity contribution in [3.8, 4) is 16.9 Å². The molecule has 0 spiro atoms. The van der Waals surface area contributed by atoms with E-state index < -0.39 is 107 Å². The fraction of sp³-hybridized carbons (Fsp3) is 0.229. The maximum atomic E-state index is 14.2. The molecule has 5 rings (SSSR count). The van der Waals surface area contributed by atoms with Gasteiger partial charge in [0.2, 0.25) is 23.6 Å². The van der Waals surface area contributed by atoms with E-state index in [1.54, 1.807) is 56.3 Å². The third kappa shape index (κ3) is 14.3. The number of carbonyl (C=O) groups is 7. The Morgan fingerprint density at radius 1 is 0.632 bits per heavy atom. The van der Waals surface area contributed by atoms with Crippen LogP contribution >= 0.6 is 0 Å². The van der Waals surface area contributed by atoms with E-state index >= 15 is 0 Å². The van der Waals surface area contributed by atoms with Crippen LogP contribution in [0.1, 0.15) is 44.6 Å². The first-order valence-electron chi connectivity index (χ1n) is 20.9. The Morgan fingerprint density at radius 3 is 1.78 bits per heavy atom. The Bertz CT molecular complexity index is 2690. The van der Waals surface area contributed by atoms with Gasteiger partial charge in [0.15, 0.2) is 18.1 Å². The second-order valence-corrected chi connectivity index (χ2v) is 15.6. The molecule has 0 aliphatic carbocycles. The number of aryl methyl sites for hydroxylation is 2. The van der Waals surface area contributed by atoms with Gasteiger partial charge in [-0.15, -0.1) is 0 Å². The molecule has 6 N–H and O–H groups in total. The number of phenolic OH excluding ortho intramolecular Hbond substituents is 1. The number of nitro benzene ring substituents is 2. The lowest BCUT2D eigenvalue weighted by molar-refractivity contribution is -0.385. The number of hydrogen-bond acceptors (Lipinski definition) is 13. The first kappa shape index (κ1) is 50.2. The lowest BCUT2D eigenvalue weighted by atomic mass is 9.99. The molecule has 4 amide bonds. The summed E-state index contributed by atoms with van der Waals surface area (Å²) in [7, 11) is 0. The van der Waals surface area contributed by atoms with Gasteiger partial charge in [0, 0.05) is 31.0 Å². The summed E-state index contributed by atoms with van der Waals surface area (Å²) in [4.78, 5) is 114. The lowest BCUT2D eigenvalue weighted by Gasteiger charge is -2.24. The number of aliphatic carboxylic acids is 1. The predicted octanol–water partition coefficient (Wildman–Crippen LogP) is 3.99. The molecule has 0 radical (unpaired) electrons. The quantitative estimate of drug-likeness (QED) is 0.0325. The molecule has 0 aliphatic rings. The van der Waals surface area contributed by atoms with Gasteiger partial charge in [-0.2, -0.15) is 0 Å². The maximum absolute atomic E-state index is 14.2. The molecule has 0 saturated heterocycles. The fourth-order valence-electron chi connectivity index (χ4n) is 7.04. The van der Waals surface area contributed by atoms with Crippen molar-refractivity contribution in [1.29, 1.82) is 0 Å². The zero-order valence-electron chi connectivity index (χ0n) is 36.6. The standard InChI is InChI=1S/C48H46N6O14/c1-28-7-6-8-29(2)45(28)48(63)68-27-41(56)36(25-44(59)60)50-43(58)26-49-46(61)37(21-30-11-16-34(17-12-30)33-9-4-3-5-10-33)52-47(62)38(22-31-13-18-35(19-14-31)53(64)65)51-42(57)24-32-15-20-40(55)39(23-32)54(66)67/h3-20,23,36-38,55H,21-22,24-27H2,1-2H3,(H,49,61)(H,50,58)(H,51,57)(H,52,62)(H,59,60)/t36-,37-,38-/m0/s1. The number of non-ortho nitro benzene ring substituents is 1. The Morgan fingerprint density at radius 2 is 1.19 bits per heavy atom. The SMILES string of the molecule is Cc1cccc(C)c1C(=O)OCC(=O)[C@H](CC(=O)O)NC(=O)CNC(=O)[C@H](Cc1ccc(-c2ccccc2)cc1)NC(=O)[C@H](Cc1ccc([N+](=O)[O-])cc1)NC(=O)Cc1ccc(O)c([N+](=O)[O-])c1. The highest BCUT2D eigenvalue weighted by atomic mass is 16.6. The number of hydrogen-bond donors (Lipinski definition) is 6. The van der Waals surface area contributed by atoms with Crippen molar-refractivity contribution >= 4 is 52.7 Å². The predicted molar refractivity (Wildman–Crippen MR) is 243 cm³/mol. The lowest BCUT2D eigenvalue weighted by Crippen LogP contribution is -2.56. The number of carboxylic acid groups (broad SMARTS) is 1. The minimum atomic E-state index is -1.67. The van der Waals surface area contributed by atoms with Gasteiger partial charge >= 0.3 is 17.6 Å². The molecule has 3 atom stereocenters. The largest absolute Gasteiger partial charge is 0.502 e. The van der Waals surface area contributed by atoms with Crippen LogP contribution in [0.2, 0.25) is 0 Å². The number of nitrogens with zero attached hydrogens (tertiary/aromatic N) is 2. The van der Waals surface area contributed by atoms with Crippen LogP contribution in [0.15, 0.2) is 115 Å². The number of aromatic hydroxyl groups is 1. The van der Waals surface area contributed by atoms with Gasteiger partial charge in [0.05, 0.1) is 34.8 Å². The van der Waals surface area contributed by atoms with Gasteiger partial charge in [0.1, 0.15) is 18.1 Å². The molecule has 0 heterocycles. The number of carbonyl (C=O) groups excluding carboxylic acids is 6. The van der Waals surface area contributed by atoms with Crippen LogP contribution in [-0.2, 0) is 52.8 Å². The zero-order valence-corrected chi connectivity index (χ0v) is 36.6. The van der Waals surface area contributed by atoms with E-state index in [2.05, 4.69) is 21.3 Å². The molecular formula is C48H46N6O14. The van der Waals surface area contributed by atoms with E-state index in [9.17, 15) is 64.0 Å². The van der Waals surface area contributed by atoms with Crippen molar-refractivity contribution in [1.82, 2.24) is 21.3 Å². The molecule has 0 aromatic heterocycles. The van der Waals surface area contributed by atoms with Crippen molar-refractivity contribution in [2.75, 3.05) is 13.2 Å². The Hall–Kier alpha value is -8.81. The van der Waals surface area contributed by atoms with E-state index in [4.69, 9.17) is 4.74 Å². The first-order valence-corrected chi connectivity index (χ1v) is 20.9. The smallest absolute Gasteiger partial charge is 0.339 e. The van der Waals surface area contributed by atoms with Crippen molar-refractivity contribution in [2.24, 2.45) is 0 Å². The van der Waals surface area contributed by atoms with Gasteiger partial charge in [0.25, 0.3) is 5.69 Å². The van der Waals surface area contributed by atoms with Crippen LogP contribution in [0.4, 0.5) is 11.4 Å². The number of nitro groups is 2. The number of phenols is 1. The average molecular weight is 931 g/mol. The molecule has 0 aliphatic heterocycles. The maximum Gasteiger partial charge on any atom is 0.339 e. The molecular weight excluding hydrogens is 885 g/mol. The fourth-order valence-corrected chi connectivity index (χ4v) is 7.04. The number of ether oxygens (including phenoxy) is 1. The number of nitrogens with one attached hydrogen (secondary N) is 4. The van der Waals surface area contributed by atoms with Crippen molar-refractivity contribution in [3.63, 3.8) is 0 Å². The van der Waals surface area contributed by atoms with Gasteiger partial charge in [-0.05, 0) is 58.9 Å². The summed E-state index contributed by atoms with van der Waals surface area (Å²) < 4.78 is 5.16. The highest BCUT2D eigenvalue weighted by molar-refractivity contribution is 5.98. The zero-order chi connectivity index (χ0) is 49.5. The van der Waals surface area contributed by atoms with E-state index in [-0.39, 0.29) is 29.7 Å². The summed E-state index contributed by atoms with van der Waals surface area (Å²) >= 11 is 0. The topological polar surface area (TPSA) is 304 Å². The summed E-state index contributed by atoms with van der Waals surface area (Å²) in [6.45, 7) is 1.65. The van der Waals surface area contributed by atoms with Gasteiger partial charge < -0.3 is 36.2 Å². The monoisotopic (exact) mass is 930 g/mol. The molecule has 20 heteroatoms. The van der Waals surface area contributed by atoms with E-state index in [1.165, 1.54) is 30.3 Å². The van der Waals surface area contributed by atoms with Crippen LogP contribution in [0.25, 0.3) is 11.1 Å². The van der Waals surface area contributed by atoms with Crippen molar-refractivity contribution in [2.45, 2.75) is 57.7 Å². The summed E-state index contributed by atoms with van der Waals surface area (Å²) in [6.07, 6.45) is -1.80. The molecule has 0 unspecified atom stereocenters. The van der Waals surface area contributed by atoms with Gasteiger partial charge in [-0.1, -0.05) is 91.0 Å². The number of carboxylic acids is 1. The number of amides is 4. The summed E-state index contributed by atoms with van der Waals surface area (Å²) in [6, 6.07) is 25.3. The molecule has 0 saturated carbocycles. The minimum Gasteiger partial charge on any atom is -0.502 e. The Balaban J connectivity index is 1.35. The highest BCUT2D eigenvalue weighted by Gasteiger charge is 2.30. The summed E-state index contributed by atoms with van der Waals surface area (Å²) in [5.74, 6) is -7.51. The second kappa shape index (κ2) is 23.4. The Labute approximate surface area is 388 Å². The van der Waals surface area contributed by atoms with E-state index in [1.807, 2.05) is 30.3 Å². The molecule has 0 fully saturated rings. The highest BCUT2D eigenvalue weighted by Crippen LogP contribution is 2.27. The molecule has 0 bridgehead atoms. The first-order chi connectivity index (χ1) is 32.4. The number of ketones is 1. The molecule has 20 nitrogen and oxygen atoms in total. The third-order valence-electron chi connectivity index (χ3n) is 10.5. The van der Waals surface area contributed by atoms with Gasteiger partial charge in [-0.3, -0.25) is 49.0 Å². The third-order valence-corrected chi connectivity index (χ3v) is 10.5. The number of rotatable bonds is 22. The number of benzene rings is 5. The van der Waals surface area contributed by atoms with Crippen LogP contribution < -0.4 is 21.3 Å². The van der Waals surface area contributed by atoms with E-state index in [0.717, 1.165) is 23.3 Å².